The van der Waals surface area contributed by atoms with Crippen LogP contribution in [0.5, 0.6) is 0 Å². The summed E-state index contributed by atoms with van der Waals surface area (Å²) in [6.07, 6.45) is 2.37. The van der Waals surface area contributed by atoms with Crippen LogP contribution in [0.4, 0.5) is 17.3 Å². The minimum absolute atomic E-state index is 0.225. The predicted molar refractivity (Wildman–Crippen MR) is 148 cm³/mol. The van der Waals surface area contributed by atoms with Crippen molar-refractivity contribution in [3.8, 4) is 11.1 Å². The molecule has 1 aliphatic heterocycles. The molecule has 0 amide bonds. The van der Waals surface area contributed by atoms with E-state index >= 15 is 0 Å². The normalized spacial score (nSPS) is 14.2. The number of anilines is 3. The van der Waals surface area contributed by atoms with E-state index in [0.717, 1.165) is 47.5 Å². The van der Waals surface area contributed by atoms with E-state index in [2.05, 4.69) is 53.6 Å². The molecule has 3 N–H and O–H groups in total. The minimum atomic E-state index is -3.56. The predicted octanol–water partition coefficient (Wildman–Crippen LogP) is 4.16. The Kier molecular flexibility index (Phi) is 7.31. The van der Waals surface area contributed by atoms with Crippen LogP contribution in [0, 0.1) is 6.92 Å². The maximum Gasteiger partial charge on any atom is 0.247 e. The molecule has 2 heterocycles. The van der Waals surface area contributed by atoms with Gasteiger partial charge in [0.05, 0.1) is 10.4 Å². The van der Waals surface area contributed by atoms with Gasteiger partial charge >= 0.3 is 0 Å². The Balaban J connectivity index is 1.28. The monoisotopic (exact) mass is 517 g/mol. The molecule has 37 heavy (non-hydrogen) atoms. The Morgan fingerprint density at radius 2 is 1.70 bits per heavy atom. The van der Waals surface area contributed by atoms with E-state index in [-0.39, 0.29) is 4.90 Å². The van der Waals surface area contributed by atoms with Crippen molar-refractivity contribution in [1.29, 1.82) is 0 Å². The van der Waals surface area contributed by atoms with E-state index in [4.69, 9.17) is 0 Å². The standard InChI is InChI=1S/C27H31N7O2S/c1-19-16-21(20-6-5-7-23(17-20)28-2)18-25-26(19)31-27(33-32-25)30-22-8-10-24(11-9-22)37(35,36)29-12-15-34-13-3-4-14-34/h5-11,16-18,28-29H,3-4,12-15H2,1-2H3,(H,30,31,33). The summed E-state index contributed by atoms with van der Waals surface area (Å²) in [4.78, 5) is 7.16. The van der Waals surface area contributed by atoms with Crippen molar-refractivity contribution in [2.75, 3.05) is 43.9 Å². The molecule has 1 aromatic heterocycles. The summed E-state index contributed by atoms with van der Waals surface area (Å²) in [6.45, 7) is 5.22. The van der Waals surface area contributed by atoms with Crippen LogP contribution in [0.2, 0.25) is 0 Å². The second kappa shape index (κ2) is 10.8. The van der Waals surface area contributed by atoms with E-state index in [1.54, 1.807) is 24.3 Å². The molecule has 1 aliphatic rings. The number of sulfonamides is 1. The third-order valence-corrected chi connectivity index (χ3v) is 8.05. The summed E-state index contributed by atoms with van der Waals surface area (Å²) in [5.41, 5.74) is 6.29. The van der Waals surface area contributed by atoms with Crippen molar-refractivity contribution in [1.82, 2.24) is 24.8 Å². The van der Waals surface area contributed by atoms with Crippen LogP contribution < -0.4 is 15.4 Å². The lowest BCUT2D eigenvalue weighted by Gasteiger charge is -2.15. The Hall–Kier alpha value is -3.60. The highest BCUT2D eigenvalue weighted by Gasteiger charge is 2.16. The third kappa shape index (κ3) is 5.87. The van der Waals surface area contributed by atoms with E-state index < -0.39 is 10.0 Å². The quantitative estimate of drug-likeness (QED) is 0.303. The summed E-state index contributed by atoms with van der Waals surface area (Å²) < 4.78 is 28.0. The maximum absolute atomic E-state index is 12.6. The number of hydrogen-bond acceptors (Lipinski definition) is 8. The second-order valence-corrected chi connectivity index (χ2v) is 11.0. The van der Waals surface area contributed by atoms with Crippen molar-refractivity contribution in [3.63, 3.8) is 0 Å². The molecule has 0 spiro atoms. The summed E-state index contributed by atoms with van der Waals surface area (Å²) in [5.74, 6) is 0.347. The topological polar surface area (TPSA) is 112 Å². The SMILES string of the molecule is CNc1cccc(-c2cc(C)c3nc(Nc4ccc(S(=O)(=O)NCCN5CCCC5)cc4)nnc3c2)c1. The number of aromatic nitrogens is 3. The van der Waals surface area contributed by atoms with Gasteiger partial charge in [0, 0.05) is 31.5 Å². The van der Waals surface area contributed by atoms with Crippen molar-refractivity contribution >= 4 is 38.4 Å². The fraction of sp³-hybridized carbons (Fsp3) is 0.296. The number of rotatable bonds is 9. The number of hydrogen-bond donors (Lipinski definition) is 3. The first kappa shape index (κ1) is 25.1. The average Bonchev–Trinajstić information content (AvgIpc) is 3.43. The molecule has 1 saturated heterocycles. The van der Waals surface area contributed by atoms with Crippen LogP contribution >= 0.6 is 0 Å². The molecule has 0 atom stereocenters. The third-order valence-electron chi connectivity index (χ3n) is 6.57. The fourth-order valence-corrected chi connectivity index (χ4v) is 5.58. The minimum Gasteiger partial charge on any atom is -0.388 e. The highest BCUT2D eigenvalue weighted by molar-refractivity contribution is 7.89. The molecule has 5 rings (SSSR count). The Morgan fingerprint density at radius 3 is 2.46 bits per heavy atom. The van der Waals surface area contributed by atoms with Crippen molar-refractivity contribution in [2.24, 2.45) is 0 Å². The number of benzene rings is 3. The molecular weight excluding hydrogens is 486 g/mol. The molecule has 0 radical (unpaired) electrons. The van der Waals surface area contributed by atoms with E-state index in [9.17, 15) is 8.42 Å². The molecular formula is C27H31N7O2S. The maximum atomic E-state index is 12.6. The zero-order valence-corrected chi connectivity index (χ0v) is 21.8. The Labute approximate surface area is 217 Å². The average molecular weight is 518 g/mol. The summed E-state index contributed by atoms with van der Waals surface area (Å²) in [6, 6.07) is 18.8. The first-order chi connectivity index (χ1) is 17.9. The van der Waals surface area contributed by atoms with Gasteiger partial charge in [0.2, 0.25) is 16.0 Å². The molecule has 4 aromatic rings. The summed E-state index contributed by atoms with van der Waals surface area (Å²) >= 11 is 0. The number of nitrogens with one attached hydrogen (secondary N) is 3. The smallest absolute Gasteiger partial charge is 0.247 e. The fourth-order valence-electron chi connectivity index (χ4n) is 4.56. The number of nitrogens with zero attached hydrogens (tertiary/aromatic N) is 4. The van der Waals surface area contributed by atoms with Crippen LogP contribution in [0.1, 0.15) is 18.4 Å². The number of aryl methyl sites for hydroxylation is 1. The van der Waals surface area contributed by atoms with Gasteiger partial charge in [0.15, 0.2) is 0 Å². The van der Waals surface area contributed by atoms with Crippen LogP contribution in [0.3, 0.4) is 0 Å². The van der Waals surface area contributed by atoms with Gasteiger partial charge in [0.1, 0.15) is 5.52 Å². The lowest BCUT2D eigenvalue weighted by atomic mass is 10.0. The lowest BCUT2D eigenvalue weighted by molar-refractivity contribution is 0.344. The van der Waals surface area contributed by atoms with Crippen molar-refractivity contribution < 1.29 is 8.42 Å². The highest BCUT2D eigenvalue weighted by Crippen LogP contribution is 2.28. The number of likely N-dealkylation sites (tertiary alicyclic amines) is 1. The zero-order chi connectivity index (χ0) is 25.8. The first-order valence-electron chi connectivity index (χ1n) is 12.4. The van der Waals surface area contributed by atoms with Crippen LogP contribution in [-0.4, -0.2) is 61.7 Å². The van der Waals surface area contributed by atoms with E-state index in [0.29, 0.717) is 23.7 Å². The Bertz CT molecular complexity index is 1500. The van der Waals surface area contributed by atoms with Gasteiger partial charge in [-0.3, -0.25) is 0 Å². The van der Waals surface area contributed by atoms with E-state index in [1.807, 2.05) is 32.2 Å². The largest absolute Gasteiger partial charge is 0.388 e. The summed E-state index contributed by atoms with van der Waals surface area (Å²) in [5, 5.41) is 14.9. The van der Waals surface area contributed by atoms with Gasteiger partial charge in [-0.15, -0.1) is 10.2 Å². The van der Waals surface area contributed by atoms with Gasteiger partial charge in [-0.25, -0.2) is 18.1 Å². The van der Waals surface area contributed by atoms with Gasteiger partial charge in [-0.05, 0) is 98.1 Å². The van der Waals surface area contributed by atoms with Gasteiger partial charge in [-0.1, -0.05) is 12.1 Å². The molecule has 0 saturated carbocycles. The molecule has 1 fully saturated rings. The zero-order valence-electron chi connectivity index (χ0n) is 21.0. The van der Waals surface area contributed by atoms with E-state index in [1.165, 1.54) is 12.8 Å². The van der Waals surface area contributed by atoms with Crippen LogP contribution in [0.15, 0.2) is 65.6 Å². The Morgan fingerprint density at radius 1 is 0.919 bits per heavy atom. The van der Waals surface area contributed by atoms with Gasteiger partial charge in [-0.2, -0.15) is 0 Å². The summed E-state index contributed by atoms with van der Waals surface area (Å²) in [7, 11) is -1.66. The van der Waals surface area contributed by atoms with Gasteiger partial charge in [0.25, 0.3) is 0 Å². The molecule has 0 bridgehead atoms. The molecule has 3 aromatic carbocycles. The van der Waals surface area contributed by atoms with Crippen LogP contribution in [0.25, 0.3) is 22.2 Å². The van der Waals surface area contributed by atoms with Crippen LogP contribution in [-0.2, 0) is 10.0 Å². The molecule has 10 heteroatoms. The van der Waals surface area contributed by atoms with Gasteiger partial charge < -0.3 is 15.5 Å². The number of fused-ring (bicyclic) bond motifs is 1. The molecule has 192 valence electrons. The molecule has 0 aliphatic carbocycles. The first-order valence-corrected chi connectivity index (χ1v) is 13.9. The highest BCUT2D eigenvalue weighted by atomic mass is 32.2. The van der Waals surface area contributed by atoms with Crippen molar-refractivity contribution in [2.45, 2.75) is 24.7 Å². The molecule has 0 unspecified atom stereocenters. The second-order valence-electron chi connectivity index (χ2n) is 9.22. The van der Waals surface area contributed by atoms with Crippen molar-refractivity contribution in [3.05, 3.63) is 66.2 Å². The lowest BCUT2D eigenvalue weighted by Crippen LogP contribution is -2.33. The molecule has 9 nitrogen and oxygen atoms in total.